The van der Waals surface area contributed by atoms with Crippen LogP contribution in [0.15, 0.2) is 54.9 Å². The molecule has 0 saturated carbocycles. The zero-order valence-electron chi connectivity index (χ0n) is 14.7. The molecule has 0 bridgehead atoms. The molecule has 0 unspecified atom stereocenters. The lowest BCUT2D eigenvalue weighted by Crippen LogP contribution is -2.26. The summed E-state index contributed by atoms with van der Waals surface area (Å²) in [5, 5.41) is 6.47. The zero-order chi connectivity index (χ0) is 19.2. The largest absolute Gasteiger partial charge is 0.352 e. The van der Waals surface area contributed by atoms with Gasteiger partial charge in [0.05, 0.1) is 5.56 Å². The molecule has 0 spiro atoms. The Hall–Kier alpha value is -2.99. The van der Waals surface area contributed by atoms with Crippen LogP contribution < -0.4 is 10.6 Å². The highest BCUT2D eigenvalue weighted by Crippen LogP contribution is 2.21. The maximum Gasteiger partial charge on any atom is 0.254 e. The van der Waals surface area contributed by atoms with E-state index in [2.05, 4.69) is 20.6 Å². The normalized spacial score (nSPS) is 10.5. The predicted molar refractivity (Wildman–Crippen MR) is 104 cm³/mol. The summed E-state index contributed by atoms with van der Waals surface area (Å²) < 4.78 is 13.6. The molecule has 0 radical (unpaired) electrons. The maximum absolute atomic E-state index is 13.6. The van der Waals surface area contributed by atoms with Gasteiger partial charge in [-0.25, -0.2) is 14.4 Å². The van der Waals surface area contributed by atoms with Gasteiger partial charge in [0, 0.05) is 29.6 Å². The Kier molecular flexibility index (Phi) is 5.98. The lowest BCUT2D eigenvalue weighted by Gasteiger charge is -2.09. The smallest absolute Gasteiger partial charge is 0.254 e. The minimum atomic E-state index is -0.305. The number of benzene rings is 2. The first-order valence-electron chi connectivity index (χ1n) is 8.40. The summed E-state index contributed by atoms with van der Waals surface area (Å²) in [6.07, 6.45) is 3.30. The van der Waals surface area contributed by atoms with Gasteiger partial charge >= 0.3 is 0 Å². The van der Waals surface area contributed by atoms with Crippen molar-refractivity contribution in [3.63, 3.8) is 0 Å². The molecule has 7 heteroatoms. The van der Waals surface area contributed by atoms with Gasteiger partial charge in [-0.1, -0.05) is 29.8 Å². The van der Waals surface area contributed by atoms with Gasteiger partial charge in [0.2, 0.25) is 5.95 Å². The Morgan fingerprint density at radius 1 is 1.15 bits per heavy atom. The Morgan fingerprint density at radius 2 is 1.89 bits per heavy atom. The predicted octanol–water partition coefficient (Wildman–Crippen LogP) is 4.29. The van der Waals surface area contributed by atoms with Gasteiger partial charge in [0.1, 0.15) is 5.82 Å². The van der Waals surface area contributed by atoms with E-state index in [9.17, 15) is 9.18 Å². The minimum Gasteiger partial charge on any atom is -0.352 e. The van der Waals surface area contributed by atoms with Crippen LogP contribution in [0, 0.1) is 12.7 Å². The first-order chi connectivity index (χ1) is 13.0. The summed E-state index contributed by atoms with van der Waals surface area (Å²) in [5.74, 6) is -0.202. The number of hydrogen-bond donors (Lipinski definition) is 2. The summed E-state index contributed by atoms with van der Waals surface area (Å²) in [4.78, 5) is 20.5. The summed E-state index contributed by atoms with van der Waals surface area (Å²) >= 11 is 5.94. The van der Waals surface area contributed by atoms with E-state index < -0.39 is 0 Å². The highest BCUT2D eigenvalue weighted by atomic mass is 35.5. The fourth-order valence-electron chi connectivity index (χ4n) is 2.51. The molecule has 2 N–H and O–H groups in total. The average Bonchev–Trinajstić information content (AvgIpc) is 2.66. The third kappa shape index (κ3) is 5.01. The van der Waals surface area contributed by atoms with Crippen molar-refractivity contribution < 1.29 is 9.18 Å². The molecule has 27 heavy (non-hydrogen) atoms. The molecule has 3 aromatic rings. The lowest BCUT2D eigenvalue weighted by molar-refractivity contribution is 0.0953. The number of carbonyl (C=O) groups is 1. The molecule has 0 aliphatic heterocycles. The number of aromatic nitrogens is 2. The summed E-state index contributed by atoms with van der Waals surface area (Å²) in [7, 11) is 0. The fraction of sp³-hybridized carbons (Fsp3) is 0.150. The number of aryl methyl sites for hydroxylation is 1. The molecule has 2 aromatic carbocycles. The number of halogens is 2. The first kappa shape index (κ1) is 18.8. The van der Waals surface area contributed by atoms with E-state index in [0.717, 1.165) is 11.3 Å². The number of carbonyl (C=O) groups excluding carboxylic acids is 1. The van der Waals surface area contributed by atoms with Crippen LogP contribution in [0.5, 0.6) is 0 Å². The van der Waals surface area contributed by atoms with Gasteiger partial charge in [-0.2, -0.15) is 0 Å². The number of hydrogen-bond acceptors (Lipinski definition) is 4. The quantitative estimate of drug-likeness (QED) is 0.665. The number of anilines is 2. The second-order valence-electron chi connectivity index (χ2n) is 5.98. The van der Waals surface area contributed by atoms with Crippen molar-refractivity contribution in [1.29, 1.82) is 0 Å². The monoisotopic (exact) mass is 384 g/mol. The Balaban J connectivity index is 1.56. The molecule has 0 aliphatic rings. The molecule has 1 amide bonds. The van der Waals surface area contributed by atoms with Gasteiger partial charge in [-0.15, -0.1) is 0 Å². The Labute approximate surface area is 161 Å². The molecule has 3 rings (SSSR count). The number of rotatable bonds is 6. The second kappa shape index (κ2) is 8.60. The second-order valence-corrected chi connectivity index (χ2v) is 6.41. The van der Waals surface area contributed by atoms with Crippen LogP contribution in [0.1, 0.15) is 21.5 Å². The van der Waals surface area contributed by atoms with Crippen molar-refractivity contribution in [1.82, 2.24) is 15.3 Å². The molecular formula is C20H18ClFN4O. The van der Waals surface area contributed by atoms with Crippen molar-refractivity contribution >= 4 is 29.1 Å². The van der Waals surface area contributed by atoms with E-state index in [1.165, 1.54) is 18.5 Å². The highest BCUT2D eigenvalue weighted by molar-refractivity contribution is 6.30. The third-order valence-corrected chi connectivity index (χ3v) is 4.22. The minimum absolute atomic E-state index is 0.275. The third-order valence-electron chi connectivity index (χ3n) is 3.99. The van der Waals surface area contributed by atoms with E-state index in [4.69, 9.17) is 11.6 Å². The average molecular weight is 385 g/mol. The van der Waals surface area contributed by atoms with Gasteiger partial charge in [0.25, 0.3) is 5.91 Å². The fourth-order valence-corrected chi connectivity index (χ4v) is 2.74. The van der Waals surface area contributed by atoms with E-state index in [0.29, 0.717) is 35.1 Å². The Morgan fingerprint density at radius 3 is 2.59 bits per heavy atom. The van der Waals surface area contributed by atoms with Crippen LogP contribution in [0.4, 0.5) is 16.0 Å². The molecule has 0 aliphatic carbocycles. The highest BCUT2D eigenvalue weighted by Gasteiger charge is 2.08. The van der Waals surface area contributed by atoms with Crippen LogP contribution in [-0.2, 0) is 6.42 Å². The lowest BCUT2D eigenvalue weighted by atomic mass is 10.1. The summed E-state index contributed by atoms with van der Waals surface area (Å²) in [6, 6.07) is 11.9. The van der Waals surface area contributed by atoms with Gasteiger partial charge in [-0.05, 0) is 48.7 Å². The van der Waals surface area contributed by atoms with Crippen molar-refractivity contribution in [3.8, 4) is 0 Å². The number of nitrogens with zero attached hydrogens (tertiary/aromatic N) is 2. The van der Waals surface area contributed by atoms with E-state index in [1.807, 2.05) is 19.1 Å². The van der Waals surface area contributed by atoms with Gasteiger partial charge in [-0.3, -0.25) is 4.79 Å². The van der Waals surface area contributed by atoms with Crippen molar-refractivity contribution in [2.45, 2.75) is 13.3 Å². The zero-order valence-corrected chi connectivity index (χ0v) is 15.4. The van der Waals surface area contributed by atoms with Crippen molar-refractivity contribution in [3.05, 3.63) is 82.4 Å². The molecule has 1 aromatic heterocycles. The first-order valence-corrected chi connectivity index (χ1v) is 8.77. The van der Waals surface area contributed by atoms with Gasteiger partial charge in [0.15, 0.2) is 0 Å². The summed E-state index contributed by atoms with van der Waals surface area (Å²) in [6.45, 7) is 2.25. The summed E-state index contributed by atoms with van der Waals surface area (Å²) in [5.41, 5.74) is 2.69. The van der Waals surface area contributed by atoms with E-state index >= 15 is 0 Å². The van der Waals surface area contributed by atoms with E-state index in [1.54, 1.807) is 24.3 Å². The molecule has 5 nitrogen and oxygen atoms in total. The van der Waals surface area contributed by atoms with Crippen LogP contribution in [0.2, 0.25) is 5.02 Å². The number of amides is 1. The number of nitrogens with one attached hydrogen (secondary N) is 2. The van der Waals surface area contributed by atoms with Crippen molar-refractivity contribution in [2.75, 3.05) is 11.9 Å². The molecule has 1 heterocycles. The molecule has 0 fully saturated rings. The SMILES string of the molecule is Cc1cc(Cl)ccc1Nc1ncc(C(=O)NCCc2ccccc2F)cn1. The topological polar surface area (TPSA) is 66.9 Å². The molecule has 0 atom stereocenters. The van der Waals surface area contributed by atoms with Gasteiger partial charge < -0.3 is 10.6 Å². The van der Waals surface area contributed by atoms with Crippen LogP contribution in [-0.4, -0.2) is 22.4 Å². The van der Waals surface area contributed by atoms with E-state index in [-0.39, 0.29) is 11.7 Å². The standard InChI is InChI=1S/C20H18ClFN4O/c1-13-10-16(21)6-7-18(13)26-20-24-11-15(12-25-20)19(27)23-9-8-14-4-2-3-5-17(14)22/h2-7,10-12H,8-9H2,1H3,(H,23,27)(H,24,25,26). The Bertz CT molecular complexity index is 947. The molecule has 0 saturated heterocycles. The van der Waals surface area contributed by atoms with Crippen LogP contribution in [0.25, 0.3) is 0 Å². The van der Waals surface area contributed by atoms with Crippen LogP contribution >= 0.6 is 11.6 Å². The van der Waals surface area contributed by atoms with Crippen LogP contribution in [0.3, 0.4) is 0 Å². The molecular weight excluding hydrogens is 367 g/mol. The maximum atomic E-state index is 13.6. The van der Waals surface area contributed by atoms with Crippen molar-refractivity contribution in [2.24, 2.45) is 0 Å². The molecule has 138 valence electrons.